The van der Waals surface area contributed by atoms with Crippen LogP contribution in [0, 0.1) is 6.92 Å². The van der Waals surface area contributed by atoms with Crippen molar-refractivity contribution < 1.29 is 4.79 Å². The van der Waals surface area contributed by atoms with Crippen LogP contribution in [0.25, 0.3) is 10.9 Å². The van der Waals surface area contributed by atoms with E-state index in [-0.39, 0.29) is 18.1 Å². The Morgan fingerprint density at radius 3 is 2.63 bits per heavy atom. The number of carbonyl (C=O) groups is 1. The summed E-state index contributed by atoms with van der Waals surface area (Å²) in [5.74, 6) is 0. The zero-order valence-electron chi connectivity index (χ0n) is 16.7. The molecule has 4 aromatic rings. The van der Waals surface area contributed by atoms with E-state index in [4.69, 9.17) is 0 Å². The molecule has 0 fully saturated rings. The molecule has 2 aromatic carbocycles. The van der Waals surface area contributed by atoms with Crippen molar-refractivity contribution in [3.8, 4) is 0 Å². The fourth-order valence-corrected chi connectivity index (χ4v) is 4.15. The molecule has 4 rings (SSSR count). The van der Waals surface area contributed by atoms with Gasteiger partial charge in [-0.3, -0.25) is 4.79 Å². The number of rotatable bonds is 6. The number of thiophene rings is 1. The van der Waals surface area contributed by atoms with Gasteiger partial charge in [0.15, 0.2) is 0 Å². The molecule has 0 aliphatic rings. The molecule has 0 unspecified atom stereocenters. The van der Waals surface area contributed by atoms with E-state index in [1.807, 2.05) is 79.0 Å². The monoisotopic (exact) mass is 417 g/mol. The third-order valence-electron chi connectivity index (χ3n) is 5.03. The maximum Gasteiger partial charge on any atom is 0.318 e. The summed E-state index contributed by atoms with van der Waals surface area (Å²) < 4.78 is 0. The minimum atomic E-state index is -0.198. The molecule has 152 valence electrons. The van der Waals surface area contributed by atoms with Crippen molar-refractivity contribution in [2.45, 2.75) is 26.6 Å². The van der Waals surface area contributed by atoms with Crippen LogP contribution in [0.2, 0.25) is 0 Å². The van der Waals surface area contributed by atoms with Gasteiger partial charge >= 0.3 is 6.03 Å². The van der Waals surface area contributed by atoms with Crippen molar-refractivity contribution in [3.63, 3.8) is 0 Å². The number of aryl methyl sites for hydroxylation is 1. The number of amides is 2. The number of hydrogen-bond acceptors (Lipinski definition) is 3. The molecule has 0 bridgehead atoms. The quantitative estimate of drug-likeness (QED) is 0.473. The topological polar surface area (TPSA) is 65.2 Å². The lowest BCUT2D eigenvalue weighted by molar-refractivity contribution is 0.192. The van der Waals surface area contributed by atoms with E-state index >= 15 is 0 Å². The number of para-hydroxylation sites is 1. The number of aromatic amines is 1. The summed E-state index contributed by atoms with van der Waals surface area (Å²) in [6.45, 7) is 3.09. The Morgan fingerprint density at radius 1 is 1.03 bits per heavy atom. The first-order chi connectivity index (χ1) is 14.6. The fourth-order valence-electron chi connectivity index (χ4n) is 3.43. The Morgan fingerprint density at radius 2 is 1.87 bits per heavy atom. The van der Waals surface area contributed by atoms with Gasteiger partial charge in [0, 0.05) is 17.0 Å². The zero-order chi connectivity index (χ0) is 20.9. The van der Waals surface area contributed by atoms with Gasteiger partial charge in [-0.25, -0.2) is 4.79 Å². The number of hydrogen-bond donors (Lipinski definition) is 2. The number of benzene rings is 2. The van der Waals surface area contributed by atoms with E-state index in [2.05, 4.69) is 10.3 Å². The number of H-pyrrole nitrogens is 1. The van der Waals surface area contributed by atoms with Crippen molar-refractivity contribution in [1.82, 2.24) is 15.2 Å². The van der Waals surface area contributed by atoms with Crippen molar-refractivity contribution in [3.05, 3.63) is 104 Å². The third-order valence-corrected chi connectivity index (χ3v) is 5.89. The van der Waals surface area contributed by atoms with Gasteiger partial charge in [-0.2, -0.15) is 0 Å². The second-order valence-electron chi connectivity index (χ2n) is 7.24. The Balaban J connectivity index is 1.58. The molecule has 5 nitrogen and oxygen atoms in total. The van der Waals surface area contributed by atoms with E-state index in [9.17, 15) is 9.59 Å². The normalized spacial score (nSPS) is 10.8. The summed E-state index contributed by atoms with van der Waals surface area (Å²) >= 11 is 1.59. The van der Waals surface area contributed by atoms with Gasteiger partial charge in [-0.1, -0.05) is 54.6 Å². The van der Waals surface area contributed by atoms with Crippen molar-refractivity contribution >= 4 is 28.3 Å². The first-order valence-electron chi connectivity index (χ1n) is 9.81. The average molecular weight is 418 g/mol. The summed E-state index contributed by atoms with van der Waals surface area (Å²) in [6, 6.07) is 21.3. The number of carbonyl (C=O) groups excluding carboxylic acids is 1. The number of pyridine rings is 1. The fraction of sp³-hybridized carbons (Fsp3) is 0.167. The standard InChI is InChI=1S/C24H23N3O2S/c1-17-7-5-10-19-13-20(23(28)26-22(17)19)15-27(16-21-11-6-12-30-21)24(29)25-14-18-8-3-2-4-9-18/h2-13H,14-16H2,1H3,(H,25,29)(H,26,28). The molecule has 30 heavy (non-hydrogen) atoms. The SMILES string of the molecule is Cc1cccc2cc(CN(Cc3cccs3)C(=O)NCc3ccccc3)c(=O)[nH]c12. The lowest BCUT2D eigenvalue weighted by atomic mass is 10.1. The Bertz CT molecular complexity index is 1200. The average Bonchev–Trinajstić information content (AvgIpc) is 3.27. The molecule has 0 aliphatic heterocycles. The number of nitrogens with zero attached hydrogens (tertiary/aromatic N) is 1. The van der Waals surface area contributed by atoms with Gasteiger partial charge in [0.1, 0.15) is 0 Å². The van der Waals surface area contributed by atoms with E-state index < -0.39 is 0 Å². The molecule has 0 aliphatic carbocycles. The van der Waals surface area contributed by atoms with Crippen molar-refractivity contribution in [2.75, 3.05) is 0 Å². The molecule has 0 atom stereocenters. The van der Waals surface area contributed by atoms with Gasteiger partial charge in [-0.15, -0.1) is 11.3 Å². The van der Waals surface area contributed by atoms with E-state index in [0.717, 1.165) is 26.9 Å². The lowest BCUT2D eigenvalue weighted by Gasteiger charge is -2.23. The van der Waals surface area contributed by atoms with Crippen LogP contribution in [-0.4, -0.2) is 15.9 Å². The van der Waals surface area contributed by atoms with Crippen LogP contribution in [-0.2, 0) is 19.6 Å². The molecule has 6 heteroatoms. The van der Waals surface area contributed by atoms with Gasteiger partial charge in [-0.05, 0) is 40.9 Å². The highest BCUT2D eigenvalue weighted by Gasteiger charge is 2.17. The zero-order valence-corrected chi connectivity index (χ0v) is 17.5. The molecule has 0 spiro atoms. The predicted octanol–water partition coefficient (Wildman–Crippen LogP) is 4.81. The first-order valence-corrected chi connectivity index (χ1v) is 10.7. The molecule has 0 saturated carbocycles. The second kappa shape index (κ2) is 8.97. The molecular formula is C24H23N3O2S. The van der Waals surface area contributed by atoms with Crippen molar-refractivity contribution in [2.24, 2.45) is 0 Å². The van der Waals surface area contributed by atoms with E-state index in [1.165, 1.54) is 0 Å². The maximum atomic E-state index is 13.0. The molecule has 2 amide bonds. The summed E-state index contributed by atoms with van der Waals surface area (Å²) in [7, 11) is 0. The second-order valence-corrected chi connectivity index (χ2v) is 8.27. The predicted molar refractivity (Wildman–Crippen MR) is 122 cm³/mol. The van der Waals surface area contributed by atoms with Crippen LogP contribution in [0.4, 0.5) is 4.79 Å². The highest BCUT2D eigenvalue weighted by Crippen LogP contribution is 2.18. The number of urea groups is 1. The molecule has 2 heterocycles. The third kappa shape index (κ3) is 4.60. The van der Waals surface area contributed by atoms with Crippen LogP contribution in [0.3, 0.4) is 0 Å². The van der Waals surface area contributed by atoms with Crippen LogP contribution >= 0.6 is 11.3 Å². The number of aromatic nitrogens is 1. The molecule has 0 radical (unpaired) electrons. The summed E-state index contributed by atoms with van der Waals surface area (Å²) in [5.41, 5.74) is 3.29. The van der Waals surface area contributed by atoms with E-state index in [1.54, 1.807) is 16.2 Å². The summed E-state index contributed by atoms with van der Waals surface area (Å²) in [6.07, 6.45) is 0. The number of nitrogens with one attached hydrogen (secondary N) is 2. The highest BCUT2D eigenvalue weighted by molar-refractivity contribution is 7.09. The Kier molecular flexibility index (Phi) is 5.95. The maximum absolute atomic E-state index is 13.0. The summed E-state index contributed by atoms with van der Waals surface area (Å²) in [4.78, 5) is 31.4. The number of fused-ring (bicyclic) bond motifs is 1. The minimum Gasteiger partial charge on any atom is -0.334 e. The van der Waals surface area contributed by atoms with Gasteiger partial charge in [0.05, 0.1) is 18.6 Å². The minimum absolute atomic E-state index is 0.163. The van der Waals surface area contributed by atoms with Gasteiger partial charge in [0.25, 0.3) is 5.56 Å². The largest absolute Gasteiger partial charge is 0.334 e. The van der Waals surface area contributed by atoms with Crippen LogP contribution in [0.1, 0.15) is 21.6 Å². The molecular weight excluding hydrogens is 394 g/mol. The lowest BCUT2D eigenvalue weighted by Crippen LogP contribution is -2.39. The van der Waals surface area contributed by atoms with Crippen molar-refractivity contribution in [1.29, 1.82) is 0 Å². The molecule has 0 saturated heterocycles. The van der Waals surface area contributed by atoms with Gasteiger partial charge in [0.2, 0.25) is 0 Å². The highest BCUT2D eigenvalue weighted by atomic mass is 32.1. The van der Waals surface area contributed by atoms with E-state index in [0.29, 0.717) is 18.7 Å². The van der Waals surface area contributed by atoms with Gasteiger partial charge < -0.3 is 15.2 Å². The molecule has 2 N–H and O–H groups in total. The smallest absolute Gasteiger partial charge is 0.318 e. The summed E-state index contributed by atoms with van der Waals surface area (Å²) in [5, 5.41) is 5.93. The van der Waals surface area contributed by atoms with Crippen LogP contribution < -0.4 is 10.9 Å². The van der Waals surface area contributed by atoms with Crippen LogP contribution in [0.15, 0.2) is 76.9 Å². The molecule has 2 aromatic heterocycles. The Hall–Kier alpha value is -3.38. The Labute approximate surface area is 179 Å². The first kappa shape index (κ1) is 19.9. The van der Waals surface area contributed by atoms with Crippen LogP contribution in [0.5, 0.6) is 0 Å².